The van der Waals surface area contributed by atoms with Gasteiger partial charge in [-0.05, 0) is 25.1 Å². The zero-order valence-electron chi connectivity index (χ0n) is 7.94. The standard InChI is InChI=1S/C10H12N4/c1-7-5-14(6-13-7)8-2-3-9(11)10(12)4-8/h2-6H,11-12H2,1H3. The first-order valence-corrected chi connectivity index (χ1v) is 4.33. The molecule has 0 saturated carbocycles. The van der Waals surface area contributed by atoms with Gasteiger partial charge in [0.05, 0.1) is 23.4 Å². The maximum absolute atomic E-state index is 5.71. The first-order valence-electron chi connectivity index (χ1n) is 4.33. The van der Waals surface area contributed by atoms with Gasteiger partial charge in [0.2, 0.25) is 0 Å². The van der Waals surface area contributed by atoms with Gasteiger partial charge in [-0.25, -0.2) is 4.98 Å². The number of nitrogens with zero attached hydrogens (tertiary/aromatic N) is 2. The highest BCUT2D eigenvalue weighted by Crippen LogP contribution is 2.18. The number of aromatic nitrogens is 2. The van der Waals surface area contributed by atoms with Crippen LogP contribution in [0.1, 0.15) is 5.69 Å². The van der Waals surface area contributed by atoms with Gasteiger partial charge >= 0.3 is 0 Å². The van der Waals surface area contributed by atoms with Gasteiger partial charge in [-0.15, -0.1) is 0 Å². The number of anilines is 2. The average Bonchev–Trinajstić information content (AvgIpc) is 2.57. The van der Waals surface area contributed by atoms with Gasteiger partial charge in [-0.2, -0.15) is 0 Å². The van der Waals surface area contributed by atoms with E-state index >= 15 is 0 Å². The van der Waals surface area contributed by atoms with E-state index in [1.807, 2.05) is 29.8 Å². The highest BCUT2D eigenvalue weighted by atomic mass is 15.0. The summed E-state index contributed by atoms with van der Waals surface area (Å²) in [6.45, 7) is 1.94. The summed E-state index contributed by atoms with van der Waals surface area (Å²) in [5, 5.41) is 0. The van der Waals surface area contributed by atoms with E-state index in [1.54, 1.807) is 12.4 Å². The summed E-state index contributed by atoms with van der Waals surface area (Å²) in [4.78, 5) is 4.14. The SMILES string of the molecule is Cc1cn(-c2ccc(N)c(N)c2)cn1. The molecule has 2 aromatic rings. The van der Waals surface area contributed by atoms with Crippen molar-refractivity contribution in [3.05, 3.63) is 36.4 Å². The molecule has 72 valence electrons. The Balaban J connectivity index is 2.47. The first-order chi connectivity index (χ1) is 6.66. The Hall–Kier alpha value is -1.97. The number of nitrogens with two attached hydrogens (primary N) is 2. The largest absolute Gasteiger partial charge is 0.397 e. The van der Waals surface area contributed by atoms with Crippen molar-refractivity contribution in [3.8, 4) is 5.69 Å². The molecule has 0 unspecified atom stereocenters. The third kappa shape index (κ3) is 1.42. The molecule has 0 aliphatic rings. The Bertz CT molecular complexity index is 459. The van der Waals surface area contributed by atoms with E-state index in [1.165, 1.54) is 0 Å². The van der Waals surface area contributed by atoms with Gasteiger partial charge in [0.1, 0.15) is 0 Å². The minimum Gasteiger partial charge on any atom is -0.397 e. The highest BCUT2D eigenvalue weighted by Gasteiger charge is 1.99. The summed E-state index contributed by atoms with van der Waals surface area (Å²) < 4.78 is 1.91. The van der Waals surface area contributed by atoms with Crippen LogP contribution in [0.15, 0.2) is 30.7 Å². The second kappa shape index (κ2) is 3.06. The lowest BCUT2D eigenvalue weighted by molar-refractivity contribution is 1.06. The number of hydrogen-bond acceptors (Lipinski definition) is 3. The summed E-state index contributed by atoms with van der Waals surface area (Å²) in [5.41, 5.74) is 14.5. The lowest BCUT2D eigenvalue weighted by Crippen LogP contribution is -1.97. The van der Waals surface area contributed by atoms with Crippen molar-refractivity contribution in [1.82, 2.24) is 9.55 Å². The number of rotatable bonds is 1. The molecule has 4 nitrogen and oxygen atoms in total. The second-order valence-electron chi connectivity index (χ2n) is 3.24. The van der Waals surface area contributed by atoms with E-state index in [9.17, 15) is 0 Å². The van der Waals surface area contributed by atoms with Crippen molar-refractivity contribution in [2.45, 2.75) is 6.92 Å². The maximum atomic E-state index is 5.71. The molecule has 1 heterocycles. The summed E-state index contributed by atoms with van der Waals surface area (Å²) in [6.07, 6.45) is 3.69. The molecule has 2 rings (SSSR count). The third-order valence-electron chi connectivity index (χ3n) is 2.08. The number of aryl methyl sites for hydroxylation is 1. The molecule has 0 saturated heterocycles. The van der Waals surface area contributed by atoms with Crippen molar-refractivity contribution in [1.29, 1.82) is 0 Å². The molecule has 0 fully saturated rings. The average molecular weight is 188 g/mol. The van der Waals surface area contributed by atoms with Crippen LogP contribution in [0.4, 0.5) is 11.4 Å². The van der Waals surface area contributed by atoms with Crippen LogP contribution in [0, 0.1) is 6.92 Å². The fraction of sp³-hybridized carbons (Fsp3) is 0.100. The Labute approximate surface area is 82.2 Å². The van der Waals surface area contributed by atoms with Gasteiger partial charge in [0.15, 0.2) is 0 Å². The van der Waals surface area contributed by atoms with Crippen LogP contribution in [0.2, 0.25) is 0 Å². The molecule has 4 heteroatoms. The van der Waals surface area contributed by atoms with E-state index in [4.69, 9.17) is 11.5 Å². The Kier molecular flexibility index (Phi) is 1.89. The normalized spacial score (nSPS) is 10.4. The first kappa shape index (κ1) is 8.62. The zero-order chi connectivity index (χ0) is 10.1. The van der Waals surface area contributed by atoms with E-state index in [0.717, 1.165) is 11.4 Å². The van der Waals surface area contributed by atoms with Crippen molar-refractivity contribution in [3.63, 3.8) is 0 Å². The maximum Gasteiger partial charge on any atom is 0.0995 e. The predicted molar refractivity (Wildman–Crippen MR) is 57.1 cm³/mol. The van der Waals surface area contributed by atoms with Crippen molar-refractivity contribution < 1.29 is 0 Å². The van der Waals surface area contributed by atoms with Gasteiger partial charge in [-0.1, -0.05) is 0 Å². The van der Waals surface area contributed by atoms with Crippen LogP contribution in [-0.4, -0.2) is 9.55 Å². The van der Waals surface area contributed by atoms with E-state index in [-0.39, 0.29) is 0 Å². The van der Waals surface area contributed by atoms with Crippen LogP contribution in [0.3, 0.4) is 0 Å². The van der Waals surface area contributed by atoms with Crippen molar-refractivity contribution in [2.75, 3.05) is 11.5 Å². The topological polar surface area (TPSA) is 69.9 Å². The fourth-order valence-electron chi connectivity index (χ4n) is 1.29. The summed E-state index contributed by atoms with van der Waals surface area (Å²) in [6, 6.07) is 5.53. The minimum atomic E-state index is 0.592. The molecule has 0 spiro atoms. The molecule has 0 aliphatic carbocycles. The molecule has 1 aromatic heterocycles. The van der Waals surface area contributed by atoms with Crippen LogP contribution >= 0.6 is 0 Å². The molecule has 4 N–H and O–H groups in total. The van der Waals surface area contributed by atoms with Gasteiger partial charge < -0.3 is 16.0 Å². The molecule has 0 bridgehead atoms. The minimum absolute atomic E-state index is 0.592. The number of nitrogen functional groups attached to an aromatic ring is 2. The zero-order valence-corrected chi connectivity index (χ0v) is 7.94. The summed E-state index contributed by atoms with van der Waals surface area (Å²) in [5.74, 6) is 0. The predicted octanol–water partition coefficient (Wildman–Crippen LogP) is 1.35. The Morgan fingerprint density at radius 3 is 2.57 bits per heavy atom. The number of hydrogen-bond donors (Lipinski definition) is 2. The Morgan fingerprint density at radius 2 is 2.00 bits per heavy atom. The lowest BCUT2D eigenvalue weighted by Gasteiger charge is -2.04. The van der Waals surface area contributed by atoms with Crippen LogP contribution in [0.25, 0.3) is 5.69 Å². The van der Waals surface area contributed by atoms with Gasteiger partial charge in [0.25, 0.3) is 0 Å². The molecular weight excluding hydrogens is 176 g/mol. The van der Waals surface area contributed by atoms with Crippen molar-refractivity contribution in [2.24, 2.45) is 0 Å². The Morgan fingerprint density at radius 1 is 1.21 bits per heavy atom. The highest BCUT2D eigenvalue weighted by molar-refractivity contribution is 5.66. The van der Waals surface area contributed by atoms with Gasteiger partial charge in [-0.3, -0.25) is 0 Å². The fourth-order valence-corrected chi connectivity index (χ4v) is 1.29. The molecule has 0 aliphatic heterocycles. The summed E-state index contributed by atoms with van der Waals surface area (Å²) >= 11 is 0. The molecule has 0 atom stereocenters. The van der Waals surface area contributed by atoms with E-state index < -0.39 is 0 Å². The lowest BCUT2D eigenvalue weighted by atomic mass is 10.2. The van der Waals surface area contributed by atoms with E-state index in [2.05, 4.69) is 4.98 Å². The molecule has 0 radical (unpaired) electrons. The smallest absolute Gasteiger partial charge is 0.0995 e. The molecule has 0 amide bonds. The monoisotopic (exact) mass is 188 g/mol. The molecule has 14 heavy (non-hydrogen) atoms. The quantitative estimate of drug-likeness (QED) is 0.663. The third-order valence-corrected chi connectivity index (χ3v) is 2.08. The van der Waals surface area contributed by atoms with Crippen LogP contribution < -0.4 is 11.5 Å². The number of benzene rings is 1. The van der Waals surface area contributed by atoms with Crippen molar-refractivity contribution >= 4 is 11.4 Å². The van der Waals surface area contributed by atoms with Crippen LogP contribution in [-0.2, 0) is 0 Å². The second-order valence-corrected chi connectivity index (χ2v) is 3.24. The molecular formula is C10H12N4. The van der Waals surface area contributed by atoms with Gasteiger partial charge in [0, 0.05) is 11.9 Å². The molecule has 1 aromatic carbocycles. The summed E-state index contributed by atoms with van der Waals surface area (Å²) in [7, 11) is 0. The van der Waals surface area contributed by atoms with E-state index in [0.29, 0.717) is 11.4 Å². The number of imidazole rings is 1. The van der Waals surface area contributed by atoms with Crippen LogP contribution in [0.5, 0.6) is 0 Å².